The fourth-order valence-electron chi connectivity index (χ4n) is 10.5. The number of carbonyl (C=O) groups is 1. The Morgan fingerprint density at radius 3 is 2.00 bits per heavy atom. The number of esters is 1. The SMILES string of the molecule is COC(=O)CCC(C)C1CCC2C3C(C[C@@H](O[Si](C)(C)C)C12C)C1(C)CC[C@@H](O[Si](C)(C)C)CC1C[C@@H]3O[Si](C)(C)C. The number of ether oxygens (including phenoxy) is 1. The summed E-state index contributed by atoms with van der Waals surface area (Å²) in [7, 11) is -3.61. The van der Waals surface area contributed by atoms with Crippen molar-refractivity contribution in [2.75, 3.05) is 7.11 Å². The van der Waals surface area contributed by atoms with E-state index in [2.05, 4.69) is 79.7 Å². The Kier molecular flexibility index (Phi) is 10.2. The maximum atomic E-state index is 12.1. The summed E-state index contributed by atoms with van der Waals surface area (Å²) in [5.41, 5.74) is 0.430. The summed E-state index contributed by atoms with van der Waals surface area (Å²) in [6.07, 6.45) is 11.0. The molecule has 0 aromatic rings. The van der Waals surface area contributed by atoms with Gasteiger partial charge in [0.15, 0.2) is 25.0 Å². The van der Waals surface area contributed by atoms with Crippen LogP contribution >= 0.6 is 0 Å². The fraction of sp³-hybridized carbons (Fsp3) is 0.971. The summed E-state index contributed by atoms with van der Waals surface area (Å²) < 4.78 is 26.4. The second-order valence-electron chi connectivity index (χ2n) is 18.2. The van der Waals surface area contributed by atoms with E-state index in [9.17, 15) is 4.79 Å². The molecule has 4 aliphatic carbocycles. The van der Waals surface area contributed by atoms with Crippen molar-refractivity contribution in [3.8, 4) is 0 Å². The summed E-state index contributed by atoms with van der Waals surface area (Å²) in [5, 5.41) is 0. The van der Waals surface area contributed by atoms with Crippen LogP contribution in [0.25, 0.3) is 0 Å². The third kappa shape index (κ3) is 7.35. The summed E-state index contributed by atoms with van der Waals surface area (Å²) in [6, 6.07) is 0. The van der Waals surface area contributed by atoms with Crippen LogP contribution in [0.2, 0.25) is 58.9 Å². The predicted octanol–water partition coefficient (Wildman–Crippen LogP) is 9.11. The molecule has 244 valence electrons. The minimum atomic E-state index is -1.79. The van der Waals surface area contributed by atoms with Gasteiger partial charge in [-0.05, 0) is 157 Å². The van der Waals surface area contributed by atoms with Gasteiger partial charge in [0, 0.05) is 18.6 Å². The molecule has 0 N–H and O–H groups in total. The van der Waals surface area contributed by atoms with E-state index in [4.69, 9.17) is 18.0 Å². The van der Waals surface area contributed by atoms with Crippen LogP contribution in [0.1, 0.15) is 78.6 Å². The van der Waals surface area contributed by atoms with Crippen molar-refractivity contribution in [2.24, 2.45) is 46.3 Å². The summed E-state index contributed by atoms with van der Waals surface area (Å²) in [6.45, 7) is 29.0. The zero-order valence-corrected chi connectivity index (χ0v) is 32.6. The molecule has 0 radical (unpaired) electrons. The quantitative estimate of drug-likeness (QED) is 0.176. The summed E-state index contributed by atoms with van der Waals surface area (Å²) in [4.78, 5) is 12.1. The van der Waals surface area contributed by atoms with E-state index in [1.807, 2.05) is 0 Å². The van der Waals surface area contributed by atoms with Crippen molar-refractivity contribution in [3.05, 3.63) is 0 Å². The number of methoxy groups -OCH3 is 1. The van der Waals surface area contributed by atoms with E-state index in [1.165, 1.54) is 52.1 Å². The van der Waals surface area contributed by atoms with E-state index in [1.54, 1.807) is 0 Å². The van der Waals surface area contributed by atoms with Crippen molar-refractivity contribution >= 4 is 30.9 Å². The van der Waals surface area contributed by atoms with E-state index < -0.39 is 25.0 Å². The van der Waals surface area contributed by atoms with Gasteiger partial charge in [0.1, 0.15) is 0 Å². The topological polar surface area (TPSA) is 54.0 Å². The highest BCUT2D eigenvalue weighted by atomic mass is 28.4. The molecule has 0 saturated heterocycles. The minimum Gasteiger partial charge on any atom is -0.469 e. The molecule has 0 aliphatic heterocycles. The molecule has 4 aliphatic rings. The lowest BCUT2D eigenvalue weighted by molar-refractivity contribution is -0.199. The first-order chi connectivity index (χ1) is 19.2. The Hall–Kier alpha value is 0.000649. The molecule has 0 amide bonds. The fourth-order valence-corrected chi connectivity index (χ4v) is 14.1. The van der Waals surface area contributed by atoms with Crippen LogP contribution in [0.5, 0.6) is 0 Å². The number of rotatable bonds is 10. The lowest BCUT2D eigenvalue weighted by Gasteiger charge is -2.66. The van der Waals surface area contributed by atoms with E-state index in [0.717, 1.165) is 6.42 Å². The minimum absolute atomic E-state index is 0.0799. The van der Waals surface area contributed by atoms with Crippen LogP contribution in [-0.2, 0) is 22.8 Å². The second-order valence-corrected chi connectivity index (χ2v) is 31.6. The molecular formula is C34H66O5Si3. The number of hydrogen-bond donors (Lipinski definition) is 0. The smallest absolute Gasteiger partial charge is 0.305 e. The molecule has 0 aromatic carbocycles. The molecule has 0 heterocycles. The normalized spacial score (nSPS) is 41.5. The highest BCUT2D eigenvalue weighted by Gasteiger charge is 2.67. The molecule has 11 atom stereocenters. The molecule has 8 unspecified atom stereocenters. The monoisotopic (exact) mass is 638 g/mol. The molecule has 42 heavy (non-hydrogen) atoms. The van der Waals surface area contributed by atoms with Gasteiger partial charge in [-0.1, -0.05) is 20.8 Å². The molecule has 5 nitrogen and oxygen atoms in total. The van der Waals surface area contributed by atoms with Gasteiger partial charge in [-0.25, -0.2) is 0 Å². The lowest BCUT2D eigenvalue weighted by Crippen LogP contribution is -2.64. The molecule has 4 rings (SSSR count). The van der Waals surface area contributed by atoms with Crippen LogP contribution in [0.15, 0.2) is 0 Å². The molecule has 0 aromatic heterocycles. The van der Waals surface area contributed by atoms with Crippen molar-refractivity contribution in [3.63, 3.8) is 0 Å². The maximum Gasteiger partial charge on any atom is 0.305 e. The largest absolute Gasteiger partial charge is 0.469 e. The van der Waals surface area contributed by atoms with E-state index in [0.29, 0.717) is 59.6 Å². The zero-order valence-electron chi connectivity index (χ0n) is 29.6. The predicted molar refractivity (Wildman–Crippen MR) is 181 cm³/mol. The van der Waals surface area contributed by atoms with Gasteiger partial charge >= 0.3 is 5.97 Å². The first-order valence-corrected chi connectivity index (χ1v) is 27.5. The molecule has 8 heteroatoms. The highest BCUT2D eigenvalue weighted by Crippen LogP contribution is 2.69. The van der Waals surface area contributed by atoms with Gasteiger partial charge < -0.3 is 18.0 Å². The summed E-state index contributed by atoms with van der Waals surface area (Å²) in [5.74, 6) is 3.45. The first kappa shape index (κ1) is 34.9. The third-order valence-corrected chi connectivity index (χ3v) is 15.0. The lowest BCUT2D eigenvalue weighted by atomic mass is 9.43. The average Bonchev–Trinajstić information content (AvgIpc) is 3.19. The van der Waals surface area contributed by atoms with Crippen LogP contribution in [0.4, 0.5) is 0 Å². The van der Waals surface area contributed by atoms with Crippen LogP contribution < -0.4 is 0 Å². The molecule has 4 fully saturated rings. The number of fused-ring (bicyclic) bond motifs is 5. The van der Waals surface area contributed by atoms with Gasteiger partial charge in [0.05, 0.1) is 13.2 Å². The van der Waals surface area contributed by atoms with Crippen LogP contribution in [-0.4, -0.2) is 56.3 Å². The molecule has 0 spiro atoms. The second kappa shape index (κ2) is 12.3. The van der Waals surface area contributed by atoms with Gasteiger partial charge in [0.2, 0.25) is 0 Å². The van der Waals surface area contributed by atoms with Crippen molar-refractivity contribution in [1.29, 1.82) is 0 Å². The van der Waals surface area contributed by atoms with Crippen molar-refractivity contribution in [1.82, 2.24) is 0 Å². The van der Waals surface area contributed by atoms with Gasteiger partial charge in [0.25, 0.3) is 0 Å². The Balaban J connectivity index is 1.72. The Bertz CT molecular complexity index is 954. The third-order valence-electron chi connectivity index (χ3n) is 12.0. The summed E-state index contributed by atoms with van der Waals surface area (Å²) >= 11 is 0. The average molecular weight is 639 g/mol. The first-order valence-electron chi connectivity index (χ1n) is 17.3. The Morgan fingerprint density at radius 2 is 1.43 bits per heavy atom. The highest BCUT2D eigenvalue weighted by molar-refractivity contribution is 6.70. The number of carbonyl (C=O) groups excluding carboxylic acids is 1. The maximum absolute atomic E-state index is 12.1. The van der Waals surface area contributed by atoms with Crippen LogP contribution in [0.3, 0.4) is 0 Å². The molecular weight excluding hydrogens is 573 g/mol. The van der Waals surface area contributed by atoms with Crippen molar-refractivity contribution < 1.29 is 22.8 Å². The molecule has 4 saturated carbocycles. The van der Waals surface area contributed by atoms with Crippen LogP contribution in [0, 0.1) is 46.3 Å². The zero-order chi connectivity index (χ0) is 31.5. The van der Waals surface area contributed by atoms with Gasteiger partial charge in [-0.2, -0.15) is 0 Å². The van der Waals surface area contributed by atoms with Gasteiger partial charge in [-0.15, -0.1) is 0 Å². The Labute approximate surface area is 262 Å². The van der Waals surface area contributed by atoms with Crippen molar-refractivity contribution in [2.45, 2.75) is 156 Å². The van der Waals surface area contributed by atoms with Gasteiger partial charge in [-0.3, -0.25) is 4.79 Å². The van der Waals surface area contributed by atoms with E-state index >= 15 is 0 Å². The Morgan fingerprint density at radius 1 is 0.810 bits per heavy atom. The molecule has 0 bridgehead atoms. The number of hydrogen-bond acceptors (Lipinski definition) is 5. The standard InChI is InChI=1S/C34H66O5Si3/c1-23(14-17-31(35)36-4)26-15-16-27-32-28(22-30(34(26,27)3)39-42(11,12)13)33(2)19-18-25(37-40(5,6)7)20-24(33)21-29(32)38-41(8,9)10/h23-30,32H,14-22H2,1-13H3/t23?,24?,25-,26?,27?,28?,29+,30-,32?,33?,34?/m1/s1. The van der Waals surface area contributed by atoms with E-state index in [-0.39, 0.29) is 17.5 Å².